The van der Waals surface area contributed by atoms with Gasteiger partial charge in [0.25, 0.3) is 0 Å². The first-order chi connectivity index (χ1) is 10.0. The van der Waals surface area contributed by atoms with Gasteiger partial charge in [0, 0.05) is 18.5 Å². The largest absolute Gasteiger partial charge is 0.326 e. The minimum Gasteiger partial charge on any atom is -0.326 e. The molecule has 1 aromatic carbocycles. The van der Waals surface area contributed by atoms with Crippen LogP contribution in [0.3, 0.4) is 0 Å². The Morgan fingerprint density at radius 3 is 2.00 bits per heavy atom. The van der Waals surface area contributed by atoms with Gasteiger partial charge in [-0.15, -0.1) is 0 Å². The highest BCUT2D eigenvalue weighted by Gasteiger charge is 2.07. The van der Waals surface area contributed by atoms with Crippen LogP contribution in [0.2, 0.25) is 0 Å². The van der Waals surface area contributed by atoms with Crippen molar-refractivity contribution in [3.8, 4) is 0 Å². The highest BCUT2D eigenvalue weighted by Crippen LogP contribution is 2.19. The first kappa shape index (κ1) is 17.2. The SMILES string of the molecule is Cc1cccc(C)c1NC(=O)CCCCCCC(=O)NO. The van der Waals surface area contributed by atoms with Gasteiger partial charge < -0.3 is 5.32 Å². The van der Waals surface area contributed by atoms with Crippen molar-refractivity contribution in [3.63, 3.8) is 0 Å². The number of amides is 2. The van der Waals surface area contributed by atoms with Gasteiger partial charge in [0.05, 0.1) is 0 Å². The molecular weight excluding hydrogens is 268 g/mol. The highest BCUT2D eigenvalue weighted by molar-refractivity contribution is 5.92. The second-order valence-electron chi connectivity index (χ2n) is 5.26. The zero-order valence-electron chi connectivity index (χ0n) is 12.7. The van der Waals surface area contributed by atoms with E-state index in [0.29, 0.717) is 12.8 Å². The summed E-state index contributed by atoms with van der Waals surface area (Å²) in [6.45, 7) is 3.96. The fraction of sp³-hybridized carbons (Fsp3) is 0.500. The predicted molar refractivity (Wildman–Crippen MR) is 82.2 cm³/mol. The molecule has 0 saturated carbocycles. The quantitative estimate of drug-likeness (QED) is 0.391. The summed E-state index contributed by atoms with van der Waals surface area (Å²) in [4.78, 5) is 22.7. The monoisotopic (exact) mass is 292 g/mol. The number of rotatable bonds is 8. The van der Waals surface area contributed by atoms with Gasteiger partial charge in [-0.3, -0.25) is 14.8 Å². The van der Waals surface area contributed by atoms with Crippen molar-refractivity contribution >= 4 is 17.5 Å². The zero-order chi connectivity index (χ0) is 15.7. The highest BCUT2D eigenvalue weighted by atomic mass is 16.5. The molecule has 0 aromatic heterocycles. The lowest BCUT2D eigenvalue weighted by atomic mass is 10.1. The maximum atomic E-state index is 11.9. The van der Waals surface area contributed by atoms with Crippen LogP contribution in [-0.4, -0.2) is 17.0 Å². The molecule has 2 amide bonds. The van der Waals surface area contributed by atoms with Crippen molar-refractivity contribution in [2.45, 2.75) is 52.4 Å². The summed E-state index contributed by atoms with van der Waals surface area (Å²) in [5.41, 5.74) is 4.65. The van der Waals surface area contributed by atoms with Crippen molar-refractivity contribution in [2.24, 2.45) is 0 Å². The molecule has 0 heterocycles. The van der Waals surface area contributed by atoms with E-state index in [0.717, 1.165) is 42.5 Å². The summed E-state index contributed by atoms with van der Waals surface area (Å²) < 4.78 is 0. The number of carbonyl (C=O) groups excluding carboxylic acids is 2. The van der Waals surface area contributed by atoms with Crippen LogP contribution in [-0.2, 0) is 9.59 Å². The zero-order valence-corrected chi connectivity index (χ0v) is 12.7. The summed E-state index contributed by atoms with van der Waals surface area (Å²) in [5.74, 6) is -0.330. The first-order valence-electron chi connectivity index (χ1n) is 7.33. The Labute approximate surface area is 125 Å². The Hall–Kier alpha value is -1.88. The van der Waals surface area contributed by atoms with Crippen LogP contribution in [0, 0.1) is 13.8 Å². The smallest absolute Gasteiger partial charge is 0.243 e. The van der Waals surface area contributed by atoms with Gasteiger partial charge in [0.2, 0.25) is 11.8 Å². The second-order valence-corrected chi connectivity index (χ2v) is 5.26. The van der Waals surface area contributed by atoms with E-state index in [1.807, 2.05) is 32.0 Å². The van der Waals surface area contributed by atoms with Gasteiger partial charge in [0.15, 0.2) is 0 Å². The normalized spacial score (nSPS) is 10.2. The van der Waals surface area contributed by atoms with Gasteiger partial charge in [-0.05, 0) is 37.8 Å². The molecule has 0 radical (unpaired) electrons. The van der Waals surface area contributed by atoms with Gasteiger partial charge in [-0.2, -0.15) is 0 Å². The van der Waals surface area contributed by atoms with E-state index in [9.17, 15) is 9.59 Å². The molecule has 0 aliphatic carbocycles. The Kier molecular flexibility index (Phi) is 7.46. The Balaban J connectivity index is 2.21. The van der Waals surface area contributed by atoms with Crippen molar-refractivity contribution in [1.82, 2.24) is 5.48 Å². The lowest BCUT2D eigenvalue weighted by Gasteiger charge is -2.11. The van der Waals surface area contributed by atoms with Crippen LogP contribution >= 0.6 is 0 Å². The molecule has 1 rings (SSSR count). The molecule has 21 heavy (non-hydrogen) atoms. The molecule has 0 bridgehead atoms. The van der Waals surface area contributed by atoms with E-state index >= 15 is 0 Å². The van der Waals surface area contributed by atoms with E-state index in [1.54, 1.807) is 5.48 Å². The standard InChI is InChI=1S/C16H24N2O3/c1-12-8-7-9-13(2)16(12)17-14(19)10-5-3-4-6-11-15(20)18-21/h7-9,21H,3-6,10-11H2,1-2H3,(H,17,19)(H,18,20). The molecular formula is C16H24N2O3. The predicted octanol–water partition coefficient (Wildman–Crippen LogP) is 3.09. The molecule has 1 aromatic rings. The Bertz CT molecular complexity index is 466. The first-order valence-corrected chi connectivity index (χ1v) is 7.33. The van der Waals surface area contributed by atoms with Crippen LogP contribution in [0.4, 0.5) is 5.69 Å². The second kappa shape index (κ2) is 9.13. The van der Waals surface area contributed by atoms with E-state index in [-0.39, 0.29) is 11.8 Å². The molecule has 5 nitrogen and oxygen atoms in total. The molecule has 0 spiro atoms. The molecule has 0 aliphatic rings. The summed E-state index contributed by atoms with van der Waals surface area (Å²) in [6, 6.07) is 5.94. The molecule has 0 unspecified atom stereocenters. The number of hydrogen-bond donors (Lipinski definition) is 3. The van der Waals surface area contributed by atoms with E-state index in [4.69, 9.17) is 5.21 Å². The maximum Gasteiger partial charge on any atom is 0.243 e. The van der Waals surface area contributed by atoms with Crippen molar-refractivity contribution in [3.05, 3.63) is 29.3 Å². The minimum atomic E-state index is -0.359. The molecule has 0 aliphatic heterocycles. The lowest BCUT2D eigenvalue weighted by molar-refractivity contribution is -0.129. The van der Waals surface area contributed by atoms with Crippen LogP contribution < -0.4 is 10.8 Å². The summed E-state index contributed by atoms with van der Waals surface area (Å²) in [6.07, 6.45) is 4.12. The van der Waals surface area contributed by atoms with Crippen LogP contribution in [0.1, 0.15) is 49.7 Å². The molecule has 0 atom stereocenters. The fourth-order valence-corrected chi connectivity index (χ4v) is 2.19. The van der Waals surface area contributed by atoms with Crippen LogP contribution in [0.15, 0.2) is 18.2 Å². The summed E-state index contributed by atoms with van der Waals surface area (Å²) in [7, 11) is 0. The topological polar surface area (TPSA) is 78.4 Å². The number of hydroxylamine groups is 1. The Morgan fingerprint density at radius 2 is 1.48 bits per heavy atom. The number of aryl methyl sites for hydroxylation is 2. The number of para-hydroxylation sites is 1. The number of unbranched alkanes of at least 4 members (excludes halogenated alkanes) is 3. The summed E-state index contributed by atoms with van der Waals surface area (Å²) >= 11 is 0. The van der Waals surface area contributed by atoms with Crippen LogP contribution in [0.25, 0.3) is 0 Å². The van der Waals surface area contributed by atoms with E-state index in [2.05, 4.69) is 5.32 Å². The van der Waals surface area contributed by atoms with E-state index in [1.165, 1.54) is 0 Å². The van der Waals surface area contributed by atoms with Gasteiger partial charge >= 0.3 is 0 Å². The van der Waals surface area contributed by atoms with Crippen LogP contribution in [0.5, 0.6) is 0 Å². The molecule has 0 saturated heterocycles. The average Bonchev–Trinajstić information content (AvgIpc) is 2.46. The third-order valence-electron chi connectivity index (χ3n) is 3.43. The fourth-order valence-electron chi connectivity index (χ4n) is 2.19. The summed E-state index contributed by atoms with van der Waals surface area (Å²) in [5, 5.41) is 11.3. The molecule has 116 valence electrons. The Morgan fingerprint density at radius 1 is 0.952 bits per heavy atom. The molecule has 0 fully saturated rings. The average molecular weight is 292 g/mol. The number of benzene rings is 1. The van der Waals surface area contributed by atoms with Crippen molar-refractivity contribution in [1.29, 1.82) is 0 Å². The van der Waals surface area contributed by atoms with Crippen molar-refractivity contribution < 1.29 is 14.8 Å². The van der Waals surface area contributed by atoms with Crippen molar-refractivity contribution in [2.75, 3.05) is 5.32 Å². The van der Waals surface area contributed by atoms with Gasteiger partial charge in [0.1, 0.15) is 0 Å². The third-order valence-corrected chi connectivity index (χ3v) is 3.43. The lowest BCUT2D eigenvalue weighted by Crippen LogP contribution is -2.17. The van der Waals surface area contributed by atoms with Gasteiger partial charge in [-0.1, -0.05) is 31.0 Å². The molecule has 5 heteroatoms. The minimum absolute atomic E-state index is 0.0282. The number of carbonyl (C=O) groups is 2. The van der Waals surface area contributed by atoms with E-state index < -0.39 is 0 Å². The van der Waals surface area contributed by atoms with Gasteiger partial charge in [-0.25, -0.2) is 5.48 Å². The number of hydrogen-bond acceptors (Lipinski definition) is 3. The number of anilines is 1. The third kappa shape index (κ3) is 6.40. The maximum absolute atomic E-state index is 11.9. The number of nitrogens with one attached hydrogen (secondary N) is 2. The molecule has 3 N–H and O–H groups in total.